The average molecular weight is 529 g/mol. The molecule has 0 saturated heterocycles. The first kappa shape index (κ1) is 12.6. The molecule has 0 aromatic heterocycles. The number of allylic oxidation sites excluding steroid dienone is 2. The van der Waals surface area contributed by atoms with Crippen molar-refractivity contribution in [2.45, 2.75) is 4.29 Å². The Morgan fingerprint density at radius 3 is 0.900 bits per heavy atom. The smallest absolute Gasteiger partial charge is 0.0552 e. The molecule has 0 spiro atoms. The number of rotatable bonds is 0. The normalized spacial score (nSPS) is 14.6. The molecule has 0 aliphatic carbocycles. The molecule has 0 rings (SSSR count). The summed E-state index contributed by atoms with van der Waals surface area (Å²) >= 11 is 19.9. The zero-order valence-corrected chi connectivity index (χ0v) is 13.9. The van der Waals surface area contributed by atoms with Gasteiger partial charge in [-0.1, -0.05) is 95.6 Å². The fourth-order valence-electron chi connectivity index (χ4n) is 0.189. The Kier molecular flexibility index (Phi) is 5.99. The van der Waals surface area contributed by atoms with Crippen LogP contribution in [0, 0.1) is 0 Å². The molecule has 0 aliphatic rings. The predicted molar refractivity (Wildman–Crippen MR) is 68.2 cm³/mol. The van der Waals surface area contributed by atoms with E-state index in [0.717, 1.165) is 0 Å². The third-order valence-electron chi connectivity index (χ3n) is 0.461. The highest BCUT2D eigenvalue weighted by Gasteiger charge is 2.17. The molecule has 0 aromatic carbocycles. The third kappa shape index (κ3) is 10.6. The van der Waals surface area contributed by atoms with Crippen molar-refractivity contribution in [2.24, 2.45) is 0 Å². The molecular weight excluding hydrogens is 527 g/mol. The molecule has 6 heteroatoms. The number of alkyl halides is 6. The van der Waals surface area contributed by atoms with Gasteiger partial charge in [-0.05, 0) is 12.2 Å². The van der Waals surface area contributed by atoms with Gasteiger partial charge in [0.2, 0.25) is 0 Å². The highest BCUT2D eigenvalue weighted by molar-refractivity contribution is 9.40. The van der Waals surface area contributed by atoms with Crippen molar-refractivity contribution < 1.29 is 0 Å². The SMILES string of the molecule is BrC(Br)(Br)C=CC(Br)(Br)Br. The lowest BCUT2D eigenvalue weighted by Crippen LogP contribution is -1.97. The molecule has 0 unspecified atom stereocenters. The van der Waals surface area contributed by atoms with Crippen LogP contribution >= 0.6 is 95.6 Å². The van der Waals surface area contributed by atoms with Crippen molar-refractivity contribution in [1.82, 2.24) is 0 Å². The van der Waals surface area contributed by atoms with E-state index in [1.807, 2.05) is 12.2 Å². The maximum absolute atomic E-state index is 3.32. The Morgan fingerprint density at radius 2 is 0.800 bits per heavy atom. The summed E-state index contributed by atoms with van der Waals surface area (Å²) in [6.07, 6.45) is 3.76. The maximum Gasteiger partial charge on any atom is 0.153 e. The monoisotopic (exact) mass is 524 g/mol. The fraction of sp³-hybridized carbons (Fsp3) is 0.500. The van der Waals surface area contributed by atoms with Crippen LogP contribution in [0.2, 0.25) is 0 Å². The quantitative estimate of drug-likeness (QED) is 0.298. The Morgan fingerprint density at radius 1 is 0.600 bits per heavy atom. The Labute approximate surface area is 110 Å². The second kappa shape index (κ2) is 4.74. The van der Waals surface area contributed by atoms with Crippen molar-refractivity contribution in [3.05, 3.63) is 12.2 Å². The Bertz CT molecular complexity index is 110. The Balaban J connectivity index is 4.01. The van der Waals surface area contributed by atoms with E-state index in [1.165, 1.54) is 0 Å². The molecule has 0 bridgehead atoms. The molecular formula is C4H2Br6. The summed E-state index contributed by atoms with van der Waals surface area (Å²) in [6.45, 7) is 0. The second-order valence-corrected chi connectivity index (χ2v) is 15.3. The van der Waals surface area contributed by atoms with E-state index in [1.54, 1.807) is 0 Å². The van der Waals surface area contributed by atoms with Crippen LogP contribution in [-0.4, -0.2) is 4.29 Å². The second-order valence-electron chi connectivity index (χ2n) is 1.42. The summed E-state index contributed by atoms with van der Waals surface area (Å²) in [5.74, 6) is 0. The van der Waals surface area contributed by atoms with Crippen LogP contribution < -0.4 is 0 Å². The molecule has 60 valence electrons. The van der Waals surface area contributed by atoms with Crippen molar-refractivity contribution in [1.29, 1.82) is 0 Å². The lowest BCUT2D eigenvalue weighted by atomic mass is 10.6. The van der Waals surface area contributed by atoms with Crippen LogP contribution in [0.3, 0.4) is 0 Å². The van der Waals surface area contributed by atoms with Crippen LogP contribution in [0.5, 0.6) is 0 Å². The summed E-state index contributed by atoms with van der Waals surface area (Å²) in [5, 5.41) is 0. The molecule has 0 radical (unpaired) electrons. The van der Waals surface area contributed by atoms with Gasteiger partial charge in [0.25, 0.3) is 0 Å². The van der Waals surface area contributed by atoms with E-state index in [4.69, 9.17) is 0 Å². The first-order valence-electron chi connectivity index (χ1n) is 2.04. The van der Waals surface area contributed by atoms with Gasteiger partial charge < -0.3 is 0 Å². The third-order valence-corrected chi connectivity index (χ3v) is 2.05. The molecule has 0 aromatic rings. The fourth-order valence-corrected chi connectivity index (χ4v) is 0.982. The summed E-state index contributed by atoms with van der Waals surface area (Å²) < 4.78 is -0.652. The topological polar surface area (TPSA) is 0 Å². The molecule has 0 saturated carbocycles. The first-order valence-corrected chi connectivity index (χ1v) is 6.80. The summed E-state index contributed by atoms with van der Waals surface area (Å²) in [4.78, 5) is 0. The molecule has 0 heterocycles. The van der Waals surface area contributed by atoms with E-state index in [2.05, 4.69) is 95.6 Å². The summed E-state index contributed by atoms with van der Waals surface area (Å²) in [6, 6.07) is 0. The molecule has 0 aliphatic heterocycles. The number of halogens is 6. The van der Waals surface area contributed by atoms with Gasteiger partial charge in [-0.15, -0.1) is 0 Å². The average Bonchev–Trinajstić information content (AvgIpc) is 1.57. The minimum atomic E-state index is -0.326. The number of hydrogen-bond acceptors (Lipinski definition) is 0. The highest BCUT2D eigenvalue weighted by Crippen LogP contribution is 2.40. The van der Waals surface area contributed by atoms with Gasteiger partial charge >= 0.3 is 0 Å². The van der Waals surface area contributed by atoms with Crippen LogP contribution in [-0.2, 0) is 0 Å². The van der Waals surface area contributed by atoms with Gasteiger partial charge in [0.1, 0.15) is 0 Å². The molecule has 10 heavy (non-hydrogen) atoms. The molecule has 0 amide bonds. The number of hydrogen-bond donors (Lipinski definition) is 0. The molecule has 0 N–H and O–H groups in total. The zero-order chi connectivity index (χ0) is 8.41. The van der Waals surface area contributed by atoms with Crippen molar-refractivity contribution in [2.75, 3.05) is 0 Å². The van der Waals surface area contributed by atoms with E-state index in [0.29, 0.717) is 0 Å². The van der Waals surface area contributed by atoms with Crippen molar-refractivity contribution >= 4 is 95.6 Å². The van der Waals surface area contributed by atoms with Gasteiger partial charge in [-0.25, -0.2) is 0 Å². The standard InChI is InChI=1S/C4H2Br6/c5-3(6,7)1-2-4(8,9)10/h1-2H. The predicted octanol–water partition coefficient (Wildman–Crippen LogP) is 5.22. The minimum absolute atomic E-state index is 0.326. The maximum atomic E-state index is 3.32. The van der Waals surface area contributed by atoms with Gasteiger partial charge in [0.05, 0.1) is 0 Å². The molecule has 0 atom stereocenters. The summed E-state index contributed by atoms with van der Waals surface area (Å²) in [7, 11) is 0. The van der Waals surface area contributed by atoms with Gasteiger partial charge in [0, 0.05) is 0 Å². The molecule has 0 nitrogen and oxygen atoms in total. The van der Waals surface area contributed by atoms with Crippen LogP contribution in [0.25, 0.3) is 0 Å². The van der Waals surface area contributed by atoms with Crippen LogP contribution in [0.1, 0.15) is 0 Å². The van der Waals surface area contributed by atoms with E-state index in [-0.39, 0.29) is 4.29 Å². The van der Waals surface area contributed by atoms with Gasteiger partial charge in [-0.3, -0.25) is 0 Å². The lowest BCUT2D eigenvalue weighted by Gasteiger charge is -2.08. The highest BCUT2D eigenvalue weighted by atomic mass is 80.0. The van der Waals surface area contributed by atoms with E-state index >= 15 is 0 Å². The lowest BCUT2D eigenvalue weighted by molar-refractivity contribution is 1.54. The van der Waals surface area contributed by atoms with Gasteiger partial charge in [0.15, 0.2) is 4.29 Å². The zero-order valence-electron chi connectivity index (χ0n) is 4.42. The van der Waals surface area contributed by atoms with Crippen LogP contribution in [0.4, 0.5) is 0 Å². The van der Waals surface area contributed by atoms with Crippen molar-refractivity contribution in [3.8, 4) is 0 Å². The van der Waals surface area contributed by atoms with Gasteiger partial charge in [-0.2, -0.15) is 0 Å². The van der Waals surface area contributed by atoms with Crippen LogP contribution in [0.15, 0.2) is 12.2 Å². The van der Waals surface area contributed by atoms with Crippen molar-refractivity contribution in [3.63, 3.8) is 0 Å². The van der Waals surface area contributed by atoms with E-state index < -0.39 is 0 Å². The molecule has 0 fully saturated rings. The van der Waals surface area contributed by atoms with E-state index in [9.17, 15) is 0 Å². The largest absolute Gasteiger partial charge is 0.153 e. The minimum Gasteiger partial charge on any atom is -0.0552 e. The first-order chi connectivity index (χ1) is 4.21. The Hall–Kier alpha value is 2.62. The summed E-state index contributed by atoms with van der Waals surface area (Å²) in [5.41, 5.74) is 0.